The number of nitrogens with zero attached hydrogens (tertiary/aromatic N) is 1. The van der Waals surface area contributed by atoms with Gasteiger partial charge < -0.3 is 11.1 Å². The van der Waals surface area contributed by atoms with Gasteiger partial charge >= 0.3 is 0 Å². The first-order valence-corrected chi connectivity index (χ1v) is 6.25. The Kier molecular flexibility index (Phi) is 4.30. The molecule has 0 saturated heterocycles. The maximum atomic E-state index is 11.9. The van der Waals surface area contributed by atoms with Crippen LogP contribution in [-0.4, -0.2) is 16.1 Å². The van der Waals surface area contributed by atoms with Crippen molar-refractivity contribution >= 4 is 5.91 Å². The van der Waals surface area contributed by atoms with Crippen LogP contribution in [0.3, 0.4) is 0 Å². The quantitative estimate of drug-likeness (QED) is 0.755. The van der Waals surface area contributed by atoms with E-state index >= 15 is 0 Å². The van der Waals surface area contributed by atoms with Crippen LogP contribution in [0.2, 0.25) is 0 Å². The molecule has 0 aliphatic rings. The van der Waals surface area contributed by atoms with E-state index in [0.29, 0.717) is 13.0 Å². The highest BCUT2D eigenvalue weighted by Crippen LogP contribution is 2.10. The second-order valence-corrected chi connectivity index (χ2v) is 4.52. The van der Waals surface area contributed by atoms with Crippen LogP contribution < -0.4 is 11.1 Å². The summed E-state index contributed by atoms with van der Waals surface area (Å²) in [5, 5.41) is 9.53. The molecule has 2 rings (SSSR count). The Morgan fingerprint density at radius 3 is 2.63 bits per heavy atom. The molecular formula is C14H18N4O. The van der Waals surface area contributed by atoms with Crippen LogP contribution in [0.5, 0.6) is 0 Å². The van der Waals surface area contributed by atoms with E-state index < -0.39 is 0 Å². The molecular weight excluding hydrogens is 240 g/mol. The molecule has 1 atom stereocenters. The van der Waals surface area contributed by atoms with Crippen molar-refractivity contribution in [3.8, 4) is 0 Å². The zero-order valence-electron chi connectivity index (χ0n) is 10.9. The van der Waals surface area contributed by atoms with Crippen LogP contribution in [0.25, 0.3) is 0 Å². The number of rotatable bonds is 5. The molecule has 1 unspecified atom stereocenters. The van der Waals surface area contributed by atoms with Crippen LogP contribution in [0, 0.1) is 0 Å². The number of hydrogen-bond acceptors (Lipinski definition) is 3. The summed E-state index contributed by atoms with van der Waals surface area (Å²) in [6.07, 6.45) is 3.86. The molecule has 0 aliphatic heterocycles. The number of carbonyl (C=O) groups is 1. The van der Waals surface area contributed by atoms with E-state index in [1.54, 1.807) is 12.4 Å². The van der Waals surface area contributed by atoms with Crippen molar-refractivity contribution in [1.82, 2.24) is 15.5 Å². The number of nitrogens with one attached hydrogen (secondary N) is 2. The van der Waals surface area contributed by atoms with Gasteiger partial charge in [0, 0.05) is 18.3 Å². The molecule has 0 bridgehead atoms. The molecule has 5 nitrogen and oxygen atoms in total. The predicted octanol–water partition coefficient (Wildman–Crippen LogP) is 1.29. The van der Waals surface area contributed by atoms with Crippen LogP contribution in [-0.2, 0) is 17.8 Å². The van der Waals surface area contributed by atoms with Gasteiger partial charge in [-0.2, -0.15) is 5.10 Å². The third-order valence-electron chi connectivity index (χ3n) is 3.02. The van der Waals surface area contributed by atoms with Crippen molar-refractivity contribution < 1.29 is 4.79 Å². The van der Waals surface area contributed by atoms with E-state index in [9.17, 15) is 4.79 Å². The standard InChI is InChI=1S/C14H18N4O/c1-10(13-8-16-17-9-13)18-14(19)6-11-2-4-12(7-15)5-3-11/h2-5,8-10H,6-7,15H2,1H3,(H,16,17)(H,18,19). The van der Waals surface area contributed by atoms with Gasteiger partial charge in [0.05, 0.1) is 18.7 Å². The molecule has 0 saturated carbocycles. The number of H-pyrrole nitrogens is 1. The summed E-state index contributed by atoms with van der Waals surface area (Å²) >= 11 is 0. The fourth-order valence-electron chi connectivity index (χ4n) is 1.85. The zero-order chi connectivity index (χ0) is 13.7. The van der Waals surface area contributed by atoms with Gasteiger partial charge in [-0.15, -0.1) is 0 Å². The van der Waals surface area contributed by atoms with Crippen molar-refractivity contribution in [3.63, 3.8) is 0 Å². The molecule has 0 aliphatic carbocycles. The third kappa shape index (κ3) is 3.66. The average Bonchev–Trinajstić information content (AvgIpc) is 2.93. The fourth-order valence-corrected chi connectivity index (χ4v) is 1.85. The minimum atomic E-state index is -0.0467. The number of aromatic nitrogens is 2. The summed E-state index contributed by atoms with van der Waals surface area (Å²) in [5.41, 5.74) is 8.54. The van der Waals surface area contributed by atoms with E-state index in [0.717, 1.165) is 16.7 Å². The number of nitrogens with two attached hydrogens (primary N) is 1. The monoisotopic (exact) mass is 258 g/mol. The van der Waals surface area contributed by atoms with E-state index in [4.69, 9.17) is 5.73 Å². The lowest BCUT2D eigenvalue weighted by Crippen LogP contribution is -2.27. The molecule has 100 valence electrons. The van der Waals surface area contributed by atoms with Gasteiger partial charge in [0.25, 0.3) is 0 Å². The maximum Gasteiger partial charge on any atom is 0.224 e. The first-order chi connectivity index (χ1) is 9.19. The van der Waals surface area contributed by atoms with E-state index in [1.165, 1.54) is 0 Å². The van der Waals surface area contributed by atoms with Gasteiger partial charge in [-0.05, 0) is 18.1 Å². The smallest absolute Gasteiger partial charge is 0.224 e. The minimum absolute atomic E-state index is 0.00537. The number of hydrogen-bond donors (Lipinski definition) is 3. The Morgan fingerprint density at radius 2 is 2.05 bits per heavy atom. The first-order valence-electron chi connectivity index (χ1n) is 6.25. The summed E-state index contributed by atoms with van der Waals surface area (Å²) < 4.78 is 0. The van der Waals surface area contributed by atoms with E-state index in [-0.39, 0.29) is 11.9 Å². The second-order valence-electron chi connectivity index (χ2n) is 4.52. The molecule has 5 heteroatoms. The summed E-state index contributed by atoms with van der Waals surface area (Å²) in [6.45, 7) is 2.45. The normalized spacial score (nSPS) is 12.1. The van der Waals surface area contributed by atoms with Crippen LogP contribution in [0.1, 0.15) is 29.7 Å². The highest BCUT2D eigenvalue weighted by atomic mass is 16.1. The Balaban J connectivity index is 1.90. The van der Waals surface area contributed by atoms with Gasteiger partial charge in [-0.3, -0.25) is 9.89 Å². The van der Waals surface area contributed by atoms with Gasteiger partial charge in [0.15, 0.2) is 0 Å². The van der Waals surface area contributed by atoms with Crippen molar-refractivity contribution in [2.45, 2.75) is 25.9 Å². The largest absolute Gasteiger partial charge is 0.349 e. The average molecular weight is 258 g/mol. The molecule has 4 N–H and O–H groups in total. The second kappa shape index (κ2) is 6.15. The lowest BCUT2D eigenvalue weighted by molar-refractivity contribution is -0.121. The summed E-state index contributed by atoms with van der Waals surface area (Å²) in [5.74, 6) is -0.00537. The van der Waals surface area contributed by atoms with Gasteiger partial charge in [0.2, 0.25) is 5.91 Å². The molecule has 1 heterocycles. The molecule has 0 spiro atoms. The Bertz CT molecular complexity index is 519. The molecule has 1 aromatic heterocycles. The lowest BCUT2D eigenvalue weighted by atomic mass is 10.1. The van der Waals surface area contributed by atoms with Gasteiger partial charge in [-0.1, -0.05) is 24.3 Å². The van der Waals surface area contributed by atoms with Crippen molar-refractivity contribution in [1.29, 1.82) is 0 Å². The zero-order valence-corrected chi connectivity index (χ0v) is 10.9. The SMILES string of the molecule is CC(NC(=O)Cc1ccc(CN)cc1)c1cn[nH]c1. The highest BCUT2D eigenvalue weighted by molar-refractivity contribution is 5.79. The van der Waals surface area contributed by atoms with E-state index in [1.807, 2.05) is 31.2 Å². The Hall–Kier alpha value is -2.14. The topological polar surface area (TPSA) is 83.8 Å². The summed E-state index contributed by atoms with van der Waals surface area (Å²) in [4.78, 5) is 11.9. The molecule has 0 fully saturated rings. The molecule has 0 radical (unpaired) electrons. The van der Waals surface area contributed by atoms with Crippen LogP contribution in [0.15, 0.2) is 36.7 Å². The number of benzene rings is 1. The van der Waals surface area contributed by atoms with Gasteiger partial charge in [0.1, 0.15) is 0 Å². The maximum absolute atomic E-state index is 11.9. The van der Waals surface area contributed by atoms with Crippen LogP contribution in [0.4, 0.5) is 0 Å². The van der Waals surface area contributed by atoms with Crippen molar-refractivity contribution in [2.75, 3.05) is 0 Å². The van der Waals surface area contributed by atoms with Crippen molar-refractivity contribution in [3.05, 3.63) is 53.3 Å². The Morgan fingerprint density at radius 1 is 1.37 bits per heavy atom. The molecule has 1 aromatic carbocycles. The third-order valence-corrected chi connectivity index (χ3v) is 3.02. The predicted molar refractivity (Wildman–Crippen MR) is 73.2 cm³/mol. The highest BCUT2D eigenvalue weighted by Gasteiger charge is 2.10. The Labute approximate surface area is 112 Å². The number of amides is 1. The number of aromatic amines is 1. The molecule has 19 heavy (non-hydrogen) atoms. The first kappa shape index (κ1) is 13.3. The minimum Gasteiger partial charge on any atom is -0.349 e. The molecule has 1 amide bonds. The van der Waals surface area contributed by atoms with Gasteiger partial charge in [-0.25, -0.2) is 0 Å². The lowest BCUT2D eigenvalue weighted by Gasteiger charge is -2.12. The molecule has 2 aromatic rings. The fraction of sp³-hybridized carbons (Fsp3) is 0.286. The summed E-state index contributed by atoms with van der Waals surface area (Å²) in [6, 6.07) is 7.72. The number of carbonyl (C=O) groups excluding carboxylic acids is 1. The summed E-state index contributed by atoms with van der Waals surface area (Å²) in [7, 11) is 0. The van der Waals surface area contributed by atoms with E-state index in [2.05, 4.69) is 15.5 Å². The van der Waals surface area contributed by atoms with Crippen LogP contribution >= 0.6 is 0 Å². The van der Waals surface area contributed by atoms with Crippen molar-refractivity contribution in [2.24, 2.45) is 5.73 Å².